The summed E-state index contributed by atoms with van der Waals surface area (Å²) in [4.78, 5) is 21.8. The third-order valence-electron chi connectivity index (χ3n) is 2.95. The molecule has 0 heterocycles. The predicted molar refractivity (Wildman–Crippen MR) is 118 cm³/mol. The van der Waals surface area contributed by atoms with E-state index in [2.05, 4.69) is 54.5 Å². The number of hydrogen-bond donors (Lipinski definition) is 1. The van der Waals surface area contributed by atoms with Crippen molar-refractivity contribution in [1.29, 1.82) is 0 Å². The Morgan fingerprint density at radius 1 is 0.963 bits per heavy atom. The van der Waals surface area contributed by atoms with Crippen LogP contribution in [0.5, 0.6) is 0 Å². The normalized spacial score (nSPS) is 9.41. The standard InChI is InChI=1S/C8H8BrNO3.C7H6BrNO3.CH3I/c1-13-5-6-4-7(10(11)12)2-3-8(6)9;8-7-2-1-6(9(11)12)3-5(7)4-10;1-2/h2-4H,5H2,1H3;1-3,10H,4H2;1H3. The molecule has 0 spiro atoms. The molecule has 8 nitrogen and oxygen atoms in total. The second-order valence-corrected chi connectivity index (χ2v) is 6.37. The Morgan fingerprint density at radius 3 is 1.74 bits per heavy atom. The van der Waals surface area contributed by atoms with Crippen molar-refractivity contribution in [2.75, 3.05) is 12.0 Å². The van der Waals surface area contributed by atoms with Crippen molar-refractivity contribution in [3.63, 3.8) is 0 Å². The van der Waals surface area contributed by atoms with E-state index in [9.17, 15) is 20.2 Å². The van der Waals surface area contributed by atoms with Gasteiger partial charge in [-0.05, 0) is 28.2 Å². The quantitative estimate of drug-likeness (QED) is 0.207. The zero-order chi connectivity index (χ0) is 21.0. The van der Waals surface area contributed by atoms with Gasteiger partial charge in [0.05, 0.1) is 23.1 Å². The molecule has 27 heavy (non-hydrogen) atoms. The average molecular weight is 620 g/mol. The molecule has 11 heteroatoms. The second-order valence-electron chi connectivity index (χ2n) is 4.66. The summed E-state index contributed by atoms with van der Waals surface area (Å²) in [6.45, 7) is 0.157. The van der Waals surface area contributed by atoms with E-state index in [1.807, 2.05) is 4.93 Å². The number of halogens is 3. The Balaban J connectivity index is 0.000000460. The number of non-ortho nitro benzene ring substituents is 2. The maximum atomic E-state index is 10.4. The smallest absolute Gasteiger partial charge is 0.269 e. The van der Waals surface area contributed by atoms with E-state index in [1.54, 1.807) is 19.2 Å². The van der Waals surface area contributed by atoms with Gasteiger partial charge in [0.2, 0.25) is 0 Å². The van der Waals surface area contributed by atoms with E-state index in [-0.39, 0.29) is 18.0 Å². The van der Waals surface area contributed by atoms with Crippen molar-refractivity contribution in [3.8, 4) is 0 Å². The Bertz CT molecular complexity index is 777. The van der Waals surface area contributed by atoms with Crippen molar-refractivity contribution in [1.82, 2.24) is 0 Å². The maximum Gasteiger partial charge on any atom is 0.269 e. The molecular formula is C16H17Br2IN2O6. The van der Waals surface area contributed by atoms with Crippen molar-refractivity contribution in [2.45, 2.75) is 13.2 Å². The highest BCUT2D eigenvalue weighted by molar-refractivity contribution is 14.1. The van der Waals surface area contributed by atoms with Crippen molar-refractivity contribution >= 4 is 65.8 Å². The molecule has 0 saturated carbocycles. The number of nitrogens with zero attached hydrogens (tertiary/aromatic N) is 2. The van der Waals surface area contributed by atoms with E-state index in [0.717, 1.165) is 10.0 Å². The fourth-order valence-corrected chi connectivity index (χ4v) is 2.47. The van der Waals surface area contributed by atoms with Crippen molar-refractivity contribution < 1.29 is 19.7 Å². The molecule has 0 atom stereocenters. The van der Waals surface area contributed by atoms with Gasteiger partial charge in [-0.1, -0.05) is 54.5 Å². The summed E-state index contributed by atoms with van der Waals surface area (Å²) >= 11 is 8.59. The highest BCUT2D eigenvalue weighted by Crippen LogP contribution is 2.23. The number of alkyl halides is 1. The first-order valence-corrected chi connectivity index (χ1v) is 10.9. The summed E-state index contributed by atoms with van der Waals surface area (Å²) in [5, 5.41) is 29.5. The largest absolute Gasteiger partial charge is 0.392 e. The van der Waals surface area contributed by atoms with Crippen LogP contribution in [-0.4, -0.2) is 27.0 Å². The molecule has 0 aromatic heterocycles. The molecule has 2 rings (SSSR count). The number of aliphatic hydroxyl groups is 1. The summed E-state index contributed by atoms with van der Waals surface area (Å²) in [7, 11) is 1.55. The Morgan fingerprint density at radius 2 is 1.37 bits per heavy atom. The van der Waals surface area contributed by atoms with Gasteiger partial charge in [0.15, 0.2) is 0 Å². The Kier molecular flexibility index (Phi) is 13.3. The van der Waals surface area contributed by atoms with Gasteiger partial charge in [0.1, 0.15) is 0 Å². The fraction of sp³-hybridized carbons (Fsp3) is 0.250. The number of rotatable bonds is 5. The molecular weight excluding hydrogens is 603 g/mol. The van der Waals surface area contributed by atoms with E-state index in [4.69, 9.17) is 9.84 Å². The van der Waals surface area contributed by atoms with Crippen LogP contribution in [0.3, 0.4) is 0 Å². The molecule has 0 bridgehead atoms. The molecule has 0 unspecified atom stereocenters. The molecule has 0 aliphatic carbocycles. The lowest BCUT2D eigenvalue weighted by Gasteiger charge is -2.01. The molecule has 2 aromatic carbocycles. The van der Waals surface area contributed by atoms with Gasteiger partial charge < -0.3 is 9.84 Å². The first-order chi connectivity index (χ1) is 12.8. The molecule has 148 valence electrons. The highest BCUT2D eigenvalue weighted by Gasteiger charge is 2.09. The Hall–Kier alpha value is -1.15. The number of nitro groups is 2. The van der Waals surface area contributed by atoms with Gasteiger partial charge in [0.25, 0.3) is 11.4 Å². The molecule has 2 aromatic rings. The zero-order valence-corrected chi connectivity index (χ0v) is 19.7. The number of ether oxygens (including phenoxy) is 1. The third kappa shape index (κ3) is 9.06. The van der Waals surface area contributed by atoms with Crippen LogP contribution in [0, 0.1) is 20.2 Å². The average Bonchev–Trinajstić information content (AvgIpc) is 2.66. The van der Waals surface area contributed by atoms with Crippen molar-refractivity contribution in [3.05, 3.63) is 76.7 Å². The molecule has 0 radical (unpaired) electrons. The van der Waals surface area contributed by atoms with E-state index in [0.29, 0.717) is 16.6 Å². The summed E-state index contributed by atoms with van der Waals surface area (Å²) in [5.74, 6) is 0. The fourth-order valence-electron chi connectivity index (χ4n) is 1.74. The van der Waals surface area contributed by atoms with Gasteiger partial charge >= 0.3 is 0 Å². The third-order valence-corrected chi connectivity index (χ3v) is 4.50. The van der Waals surface area contributed by atoms with Crippen LogP contribution >= 0.6 is 54.5 Å². The molecule has 0 aliphatic rings. The minimum Gasteiger partial charge on any atom is -0.392 e. The van der Waals surface area contributed by atoms with Crippen LogP contribution in [0.25, 0.3) is 0 Å². The molecule has 0 aliphatic heterocycles. The van der Waals surface area contributed by atoms with Crippen LogP contribution in [0.1, 0.15) is 11.1 Å². The lowest BCUT2D eigenvalue weighted by molar-refractivity contribution is -0.385. The maximum absolute atomic E-state index is 10.4. The van der Waals surface area contributed by atoms with Gasteiger partial charge in [-0.15, -0.1) is 0 Å². The summed E-state index contributed by atoms with van der Waals surface area (Å²) in [6.07, 6.45) is 0. The zero-order valence-electron chi connectivity index (χ0n) is 14.4. The Labute approximate surface area is 186 Å². The number of nitro benzene ring substituents is 2. The molecule has 0 amide bonds. The van der Waals surface area contributed by atoms with E-state index >= 15 is 0 Å². The van der Waals surface area contributed by atoms with Gasteiger partial charge in [-0.3, -0.25) is 20.2 Å². The SMILES string of the molecule is CI.COCc1cc([N+](=O)[O-])ccc1Br.O=[N+]([O-])c1ccc(Br)c(CO)c1. The topological polar surface area (TPSA) is 116 Å². The van der Waals surface area contributed by atoms with Crippen LogP contribution in [0.4, 0.5) is 11.4 Å². The van der Waals surface area contributed by atoms with Gasteiger partial charge in [-0.25, -0.2) is 0 Å². The lowest BCUT2D eigenvalue weighted by atomic mass is 10.2. The summed E-state index contributed by atoms with van der Waals surface area (Å²) < 4.78 is 6.39. The number of hydrogen-bond acceptors (Lipinski definition) is 6. The van der Waals surface area contributed by atoms with E-state index < -0.39 is 9.85 Å². The molecule has 1 N–H and O–H groups in total. The molecule has 0 saturated heterocycles. The lowest BCUT2D eigenvalue weighted by Crippen LogP contribution is -1.93. The van der Waals surface area contributed by atoms with Crippen LogP contribution in [-0.2, 0) is 18.0 Å². The van der Waals surface area contributed by atoms with Crippen molar-refractivity contribution in [2.24, 2.45) is 0 Å². The first kappa shape index (κ1) is 25.9. The monoisotopic (exact) mass is 618 g/mol. The van der Waals surface area contributed by atoms with Gasteiger partial charge in [0, 0.05) is 40.3 Å². The number of methoxy groups -OCH3 is 1. The number of aliphatic hydroxyl groups excluding tert-OH is 1. The van der Waals surface area contributed by atoms with Crippen LogP contribution in [0.15, 0.2) is 45.3 Å². The summed E-state index contributed by atoms with van der Waals surface area (Å²) in [6, 6.07) is 8.85. The number of benzene rings is 2. The van der Waals surface area contributed by atoms with E-state index in [1.165, 1.54) is 24.3 Å². The molecule has 0 fully saturated rings. The first-order valence-electron chi connectivity index (χ1n) is 7.13. The minimum absolute atomic E-state index is 0.0118. The van der Waals surface area contributed by atoms with Crippen LogP contribution < -0.4 is 0 Å². The van der Waals surface area contributed by atoms with Crippen LogP contribution in [0.2, 0.25) is 0 Å². The highest BCUT2D eigenvalue weighted by atomic mass is 127. The predicted octanol–water partition coefficient (Wildman–Crippen LogP) is 5.40. The second kappa shape index (κ2) is 13.9. The minimum atomic E-state index is -0.494. The summed E-state index contributed by atoms with van der Waals surface area (Å²) in [5.41, 5.74) is 1.36. The van der Waals surface area contributed by atoms with Gasteiger partial charge in [-0.2, -0.15) is 0 Å².